The van der Waals surface area contributed by atoms with Crippen molar-refractivity contribution in [3.8, 4) is 5.75 Å². The Kier molecular flexibility index (Phi) is 7.11. The number of hydrogen-bond donors (Lipinski definition) is 1. The standard InChI is InChI=1S/C20H32O3/c1-19(2,3)12-6-8-16-10-11-18(22)17(14-16)9-7-13-20(4,5)23-15-21/h10-11,14-15,22H,6-9,12-13H2,1-5H3. The van der Waals surface area contributed by atoms with Gasteiger partial charge in [0, 0.05) is 0 Å². The Morgan fingerprint density at radius 2 is 1.70 bits per heavy atom. The molecular weight excluding hydrogens is 288 g/mol. The van der Waals surface area contributed by atoms with E-state index in [1.807, 2.05) is 19.9 Å². The van der Waals surface area contributed by atoms with E-state index in [4.69, 9.17) is 4.74 Å². The molecule has 0 bridgehead atoms. The SMILES string of the molecule is CC(C)(C)CCCc1ccc(O)c(CCCC(C)(C)OC=O)c1. The summed E-state index contributed by atoms with van der Waals surface area (Å²) in [5, 5.41) is 10.0. The van der Waals surface area contributed by atoms with Crippen LogP contribution < -0.4 is 0 Å². The van der Waals surface area contributed by atoms with Crippen LogP contribution in [-0.4, -0.2) is 17.2 Å². The quantitative estimate of drug-likeness (QED) is 0.649. The molecule has 0 unspecified atom stereocenters. The third kappa shape index (κ3) is 8.06. The number of ether oxygens (including phenoxy) is 1. The first-order valence-corrected chi connectivity index (χ1v) is 8.55. The molecule has 23 heavy (non-hydrogen) atoms. The van der Waals surface area contributed by atoms with Crippen molar-refractivity contribution >= 4 is 6.47 Å². The fraction of sp³-hybridized carbons (Fsp3) is 0.650. The number of rotatable bonds is 9. The Labute approximate surface area is 141 Å². The van der Waals surface area contributed by atoms with Gasteiger partial charge in [0.15, 0.2) is 0 Å². The van der Waals surface area contributed by atoms with Gasteiger partial charge in [-0.05, 0) is 75.0 Å². The molecule has 3 nitrogen and oxygen atoms in total. The van der Waals surface area contributed by atoms with Crippen LogP contribution >= 0.6 is 0 Å². The molecule has 0 radical (unpaired) electrons. The van der Waals surface area contributed by atoms with Gasteiger partial charge in [-0.2, -0.15) is 0 Å². The highest BCUT2D eigenvalue weighted by molar-refractivity contribution is 5.38. The van der Waals surface area contributed by atoms with Crippen LogP contribution in [0.5, 0.6) is 5.75 Å². The first-order chi connectivity index (χ1) is 10.6. The first kappa shape index (κ1) is 19.5. The minimum atomic E-state index is -0.443. The van der Waals surface area contributed by atoms with Crippen molar-refractivity contribution in [2.75, 3.05) is 0 Å². The molecule has 0 aromatic heterocycles. The number of phenols is 1. The average molecular weight is 320 g/mol. The van der Waals surface area contributed by atoms with Gasteiger partial charge in [0.25, 0.3) is 6.47 Å². The molecule has 0 aliphatic carbocycles. The molecule has 0 saturated carbocycles. The summed E-state index contributed by atoms with van der Waals surface area (Å²) in [5.41, 5.74) is 2.19. The van der Waals surface area contributed by atoms with Crippen LogP contribution in [0.2, 0.25) is 0 Å². The minimum Gasteiger partial charge on any atom is -0.508 e. The second kappa shape index (κ2) is 8.37. The van der Waals surface area contributed by atoms with Crippen molar-refractivity contribution in [1.82, 2.24) is 0 Å². The Morgan fingerprint density at radius 1 is 1.04 bits per heavy atom. The van der Waals surface area contributed by atoms with E-state index in [-0.39, 0.29) is 0 Å². The predicted octanol–water partition coefficient (Wildman–Crippen LogP) is 5.04. The van der Waals surface area contributed by atoms with Gasteiger partial charge in [0.05, 0.1) is 0 Å². The molecule has 0 atom stereocenters. The van der Waals surface area contributed by atoms with E-state index < -0.39 is 5.60 Å². The Hall–Kier alpha value is -1.51. The molecule has 1 rings (SSSR count). The van der Waals surface area contributed by atoms with Gasteiger partial charge < -0.3 is 9.84 Å². The summed E-state index contributed by atoms with van der Waals surface area (Å²) in [4.78, 5) is 10.5. The molecule has 0 saturated heterocycles. The maximum atomic E-state index is 10.5. The van der Waals surface area contributed by atoms with E-state index in [9.17, 15) is 9.90 Å². The fourth-order valence-electron chi connectivity index (χ4n) is 2.71. The van der Waals surface area contributed by atoms with Crippen LogP contribution in [-0.2, 0) is 22.4 Å². The van der Waals surface area contributed by atoms with E-state index in [1.165, 1.54) is 12.0 Å². The Bertz CT molecular complexity index is 498. The summed E-state index contributed by atoms with van der Waals surface area (Å²) in [7, 11) is 0. The highest BCUT2D eigenvalue weighted by Gasteiger charge is 2.18. The zero-order valence-electron chi connectivity index (χ0n) is 15.3. The van der Waals surface area contributed by atoms with Crippen LogP contribution in [0, 0.1) is 5.41 Å². The molecule has 0 amide bonds. The van der Waals surface area contributed by atoms with Crippen molar-refractivity contribution in [3.63, 3.8) is 0 Å². The van der Waals surface area contributed by atoms with Crippen LogP contribution in [0.4, 0.5) is 0 Å². The Balaban J connectivity index is 2.55. The van der Waals surface area contributed by atoms with Crippen molar-refractivity contribution in [2.24, 2.45) is 5.41 Å². The smallest absolute Gasteiger partial charge is 0.293 e. The largest absolute Gasteiger partial charge is 0.508 e. The molecule has 0 aliphatic rings. The van der Waals surface area contributed by atoms with Gasteiger partial charge in [0.1, 0.15) is 11.4 Å². The van der Waals surface area contributed by atoms with Crippen LogP contribution in [0.15, 0.2) is 18.2 Å². The number of benzene rings is 1. The summed E-state index contributed by atoms with van der Waals surface area (Å²) in [6.45, 7) is 11.1. The molecule has 0 heterocycles. The van der Waals surface area contributed by atoms with E-state index in [0.29, 0.717) is 17.6 Å². The van der Waals surface area contributed by atoms with Crippen LogP contribution in [0.1, 0.15) is 71.4 Å². The lowest BCUT2D eigenvalue weighted by Crippen LogP contribution is -2.23. The first-order valence-electron chi connectivity index (χ1n) is 8.55. The van der Waals surface area contributed by atoms with Crippen LogP contribution in [0.25, 0.3) is 0 Å². The van der Waals surface area contributed by atoms with Gasteiger partial charge in [0.2, 0.25) is 0 Å². The third-order valence-electron chi connectivity index (χ3n) is 4.13. The normalized spacial score (nSPS) is 12.2. The summed E-state index contributed by atoms with van der Waals surface area (Å²) in [6, 6.07) is 5.93. The van der Waals surface area contributed by atoms with E-state index >= 15 is 0 Å². The lowest BCUT2D eigenvalue weighted by atomic mass is 9.88. The zero-order valence-corrected chi connectivity index (χ0v) is 15.3. The molecule has 130 valence electrons. The van der Waals surface area contributed by atoms with Crippen molar-refractivity contribution < 1.29 is 14.6 Å². The lowest BCUT2D eigenvalue weighted by Gasteiger charge is -2.22. The fourth-order valence-corrected chi connectivity index (χ4v) is 2.71. The summed E-state index contributed by atoms with van der Waals surface area (Å²) in [5.74, 6) is 0.360. The monoisotopic (exact) mass is 320 g/mol. The molecular formula is C20H32O3. The topological polar surface area (TPSA) is 46.5 Å². The second-order valence-corrected chi connectivity index (χ2v) is 8.20. The molecule has 1 aromatic carbocycles. The highest BCUT2D eigenvalue weighted by atomic mass is 16.5. The summed E-state index contributed by atoms with van der Waals surface area (Å²) < 4.78 is 5.06. The Morgan fingerprint density at radius 3 is 2.30 bits per heavy atom. The molecule has 1 aromatic rings. The van der Waals surface area contributed by atoms with Gasteiger partial charge >= 0.3 is 0 Å². The van der Waals surface area contributed by atoms with Gasteiger partial charge in [-0.25, -0.2) is 0 Å². The number of carbonyl (C=O) groups excluding carboxylic acids is 1. The van der Waals surface area contributed by atoms with E-state index in [0.717, 1.165) is 37.7 Å². The minimum absolute atomic E-state index is 0.360. The van der Waals surface area contributed by atoms with E-state index in [2.05, 4.69) is 26.8 Å². The number of carbonyl (C=O) groups is 1. The van der Waals surface area contributed by atoms with Crippen molar-refractivity contribution in [3.05, 3.63) is 29.3 Å². The van der Waals surface area contributed by atoms with Crippen molar-refractivity contribution in [2.45, 2.75) is 78.7 Å². The van der Waals surface area contributed by atoms with E-state index in [1.54, 1.807) is 6.07 Å². The number of hydrogen-bond acceptors (Lipinski definition) is 3. The summed E-state index contributed by atoms with van der Waals surface area (Å²) in [6.07, 6.45) is 5.85. The van der Waals surface area contributed by atoms with Crippen LogP contribution in [0.3, 0.4) is 0 Å². The average Bonchev–Trinajstić information content (AvgIpc) is 2.40. The number of phenolic OH excluding ortho intramolecular Hbond substituents is 1. The van der Waals surface area contributed by atoms with Gasteiger partial charge in [-0.3, -0.25) is 4.79 Å². The highest BCUT2D eigenvalue weighted by Crippen LogP contribution is 2.26. The number of aryl methyl sites for hydroxylation is 2. The maximum Gasteiger partial charge on any atom is 0.293 e. The number of aromatic hydroxyl groups is 1. The van der Waals surface area contributed by atoms with Crippen molar-refractivity contribution in [1.29, 1.82) is 0 Å². The molecule has 3 heteroatoms. The zero-order chi connectivity index (χ0) is 17.5. The molecule has 0 fully saturated rings. The summed E-state index contributed by atoms with van der Waals surface area (Å²) >= 11 is 0. The maximum absolute atomic E-state index is 10.5. The predicted molar refractivity (Wildman–Crippen MR) is 94.7 cm³/mol. The molecule has 0 aliphatic heterocycles. The van der Waals surface area contributed by atoms with Gasteiger partial charge in [-0.1, -0.05) is 32.9 Å². The lowest BCUT2D eigenvalue weighted by molar-refractivity contribution is -0.140. The third-order valence-corrected chi connectivity index (χ3v) is 4.13. The van der Waals surface area contributed by atoms with Gasteiger partial charge in [-0.15, -0.1) is 0 Å². The molecule has 1 N–H and O–H groups in total. The second-order valence-electron chi connectivity index (χ2n) is 8.20. The molecule has 0 spiro atoms.